The fourth-order valence-electron chi connectivity index (χ4n) is 2.75. The van der Waals surface area contributed by atoms with Gasteiger partial charge in [-0.3, -0.25) is 4.98 Å². The average molecular weight is 268 g/mol. The molecule has 0 amide bonds. The molecule has 2 heterocycles. The molecule has 0 bridgehead atoms. The van der Waals surface area contributed by atoms with Crippen LogP contribution in [0, 0.1) is 13.8 Å². The lowest BCUT2D eigenvalue weighted by molar-refractivity contribution is 0.0394. The number of nitrogens with zero attached hydrogens (tertiary/aromatic N) is 2. The fraction of sp³-hybridized carbons (Fsp3) is 0.353. The molecule has 1 aliphatic heterocycles. The van der Waals surface area contributed by atoms with Crippen molar-refractivity contribution in [1.29, 1.82) is 0 Å². The molecule has 1 unspecified atom stereocenters. The van der Waals surface area contributed by atoms with Crippen LogP contribution in [0.1, 0.15) is 22.9 Å². The highest BCUT2D eigenvalue weighted by Gasteiger charge is 2.23. The summed E-state index contributed by atoms with van der Waals surface area (Å²) in [6.07, 6.45) is 2.03. The van der Waals surface area contributed by atoms with Crippen molar-refractivity contribution >= 4 is 5.69 Å². The van der Waals surface area contributed by atoms with E-state index in [0.29, 0.717) is 0 Å². The molecule has 20 heavy (non-hydrogen) atoms. The number of pyridine rings is 1. The predicted molar refractivity (Wildman–Crippen MR) is 81.1 cm³/mol. The maximum absolute atomic E-state index is 5.97. The fourth-order valence-corrected chi connectivity index (χ4v) is 2.75. The van der Waals surface area contributed by atoms with Crippen molar-refractivity contribution in [3.8, 4) is 0 Å². The first-order valence-electron chi connectivity index (χ1n) is 7.09. The molecule has 1 aromatic carbocycles. The monoisotopic (exact) mass is 268 g/mol. The highest BCUT2D eigenvalue weighted by atomic mass is 16.5. The van der Waals surface area contributed by atoms with Crippen molar-refractivity contribution in [1.82, 2.24) is 4.98 Å². The highest BCUT2D eigenvalue weighted by molar-refractivity contribution is 5.47. The van der Waals surface area contributed by atoms with Crippen LogP contribution in [0.2, 0.25) is 0 Å². The van der Waals surface area contributed by atoms with Crippen LogP contribution in [-0.4, -0.2) is 24.7 Å². The minimum Gasteiger partial charge on any atom is -0.370 e. The van der Waals surface area contributed by atoms with E-state index in [0.717, 1.165) is 25.4 Å². The lowest BCUT2D eigenvalue weighted by Crippen LogP contribution is -2.38. The smallest absolute Gasteiger partial charge is 0.100 e. The molecule has 1 atom stereocenters. The van der Waals surface area contributed by atoms with Gasteiger partial charge in [0.25, 0.3) is 0 Å². The lowest BCUT2D eigenvalue weighted by Gasteiger charge is -2.35. The summed E-state index contributed by atoms with van der Waals surface area (Å²) in [6, 6.07) is 12.7. The third-order valence-corrected chi connectivity index (χ3v) is 3.85. The van der Waals surface area contributed by atoms with Gasteiger partial charge in [0.15, 0.2) is 0 Å². The number of benzene rings is 1. The summed E-state index contributed by atoms with van der Waals surface area (Å²) in [5.41, 5.74) is 4.88. The number of anilines is 1. The van der Waals surface area contributed by atoms with Gasteiger partial charge in [0.2, 0.25) is 0 Å². The Morgan fingerprint density at radius 3 is 2.85 bits per heavy atom. The number of ether oxygens (including phenoxy) is 1. The second kappa shape index (κ2) is 5.63. The summed E-state index contributed by atoms with van der Waals surface area (Å²) in [7, 11) is 0. The van der Waals surface area contributed by atoms with Crippen molar-refractivity contribution < 1.29 is 4.74 Å². The van der Waals surface area contributed by atoms with Gasteiger partial charge < -0.3 is 9.64 Å². The van der Waals surface area contributed by atoms with E-state index in [9.17, 15) is 0 Å². The van der Waals surface area contributed by atoms with Crippen LogP contribution >= 0.6 is 0 Å². The third kappa shape index (κ3) is 2.68. The summed E-state index contributed by atoms with van der Waals surface area (Å²) >= 11 is 0. The standard InChI is InChI=1S/C17H20N2O/c1-13-5-3-4-6-16(13)17-12-19(9-10-20-17)15-7-8-18-14(2)11-15/h3-8,11,17H,9-10,12H2,1-2H3. The van der Waals surface area contributed by atoms with E-state index in [1.165, 1.54) is 16.8 Å². The molecule has 104 valence electrons. The first-order chi connectivity index (χ1) is 9.74. The summed E-state index contributed by atoms with van der Waals surface area (Å²) in [6.45, 7) is 6.78. The number of aryl methyl sites for hydroxylation is 2. The van der Waals surface area contributed by atoms with E-state index in [2.05, 4.69) is 53.2 Å². The number of hydrogen-bond acceptors (Lipinski definition) is 3. The second-order valence-corrected chi connectivity index (χ2v) is 5.32. The second-order valence-electron chi connectivity index (χ2n) is 5.32. The largest absolute Gasteiger partial charge is 0.370 e. The Morgan fingerprint density at radius 1 is 1.20 bits per heavy atom. The van der Waals surface area contributed by atoms with E-state index in [-0.39, 0.29) is 6.10 Å². The van der Waals surface area contributed by atoms with Gasteiger partial charge in [-0.2, -0.15) is 0 Å². The van der Waals surface area contributed by atoms with Crippen molar-refractivity contribution in [2.24, 2.45) is 0 Å². The van der Waals surface area contributed by atoms with Gasteiger partial charge in [0, 0.05) is 30.7 Å². The normalized spacial score (nSPS) is 19.1. The zero-order chi connectivity index (χ0) is 13.9. The zero-order valence-corrected chi connectivity index (χ0v) is 12.0. The maximum Gasteiger partial charge on any atom is 0.100 e. The van der Waals surface area contributed by atoms with Gasteiger partial charge in [0.1, 0.15) is 6.10 Å². The third-order valence-electron chi connectivity index (χ3n) is 3.85. The Balaban J connectivity index is 1.82. The Hall–Kier alpha value is -1.87. The predicted octanol–water partition coefficient (Wildman–Crippen LogP) is 3.28. The molecule has 3 heteroatoms. The lowest BCUT2D eigenvalue weighted by atomic mass is 10.0. The minimum absolute atomic E-state index is 0.151. The molecular weight excluding hydrogens is 248 g/mol. The summed E-state index contributed by atoms with van der Waals surface area (Å²) in [5, 5.41) is 0. The molecule has 0 aliphatic carbocycles. The zero-order valence-electron chi connectivity index (χ0n) is 12.0. The quantitative estimate of drug-likeness (QED) is 0.836. The first-order valence-corrected chi connectivity index (χ1v) is 7.09. The molecule has 1 saturated heterocycles. The van der Waals surface area contributed by atoms with Crippen LogP contribution in [-0.2, 0) is 4.74 Å². The number of rotatable bonds is 2. The maximum atomic E-state index is 5.97. The topological polar surface area (TPSA) is 25.4 Å². The van der Waals surface area contributed by atoms with Crippen LogP contribution in [0.4, 0.5) is 5.69 Å². The number of morpholine rings is 1. The Kier molecular flexibility index (Phi) is 3.70. The molecule has 1 aliphatic rings. The molecule has 3 nitrogen and oxygen atoms in total. The van der Waals surface area contributed by atoms with Gasteiger partial charge in [0.05, 0.1) is 6.61 Å². The van der Waals surface area contributed by atoms with Crippen LogP contribution in [0.3, 0.4) is 0 Å². The molecule has 3 rings (SSSR count). The van der Waals surface area contributed by atoms with Crippen LogP contribution in [0.15, 0.2) is 42.6 Å². The molecule has 1 aromatic heterocycles. The van der Waals surface area contributed by atoms with E-state index in [1.807, 2.05) is 13.1 Å². The number of aromatic nitrogens is 1. The van der Waals surface area contributed by atoms with Crippen LogP contribution < -0.4 is 4.90 Å². The van der Waals surface area contributed by atoms with Crippen molar-refractivity contribution in [3.05, 3.63) is 59.4 Å². The highest BCUT2D eigenvalue weighted by Crippen LogP contribution is 2.27. The molecular formula is C17H20N2O. The van der Waals surface area contributed by atoms with E-state index in [1.54, 1.807) is 0 Å². The van der Waals surface area contributed by atoms with Crippen molar-refractivity contribution in [2.45, 2.75) is 20.0 Å². The average Bonchev–Trinajstić information content (AvgIpc) is 2.48. The first kappa shape index (κ1) is 13.1. The molecule has 0 spiro atoms. The Bertz CT molecular complexity index is 597. The molecule has 0 saturated carbocycles. The minimum atomic E-state index is 0.151. The van der Waals surface area contributed by atoms with Crippen LogP contribution in [0.25, 0.3) is 0 Å². The van der Waals surface area contributed by atoms with Crippen LogP contribution in [0.5, 0.6) is 0 Å². The molecule has 1 fully saturated rings. The molecule has 0 radical (unpaired) electrons. The number of hydrogen-bond donors (Lipinski definition) is 0. The summed E-state index contributed by atoms with van der Waals surface area (Å²) in [4.78, 5) is 6.65. The summed E-state index contributed by atoms with van der Waals surface area (Å²) < 4.78 is 5.97. The van der Waals surface area contributed by atoms with Gasteiger partial charge in [-0.25, -0.2) is 0 Å². The SMILES string of the molecule is Cc1cc(N2CCOC(c3ccccc3C)C2)ccn1. The van der Waals surface area contributed by atoms with E-state index >= 15 is 0 Å². The van der Waals surface area contributed by atoms with Crippen molar-refractivity contribution in [2.75, 3.05) is 24.6 Å². The molecule has 2 aromatic rings. The van der Waals surface area contributed by atoms with E-state index in [4.69, 9.17) is 4.74 Å². The van der Waals surface area contributed by atoms with Gasteiger partial charge in [-0.1, -0.05) is 24.3 Å². The van der Waals surface area contributed by atoms with Gasteiger partial charge in [-0.15, -0.1) is 0 Å². The Morgan fingerprint density at radius 2 is 2.05 bits per heavy atom. The van der Waals surface area contributed by atoms with E-state index < -0.39 is 0 Å². The van der Waals surface area contributed by atoms with Crippen molar-refractivity contribution in [3.63, 3.8) is 0 Å². The molecule has 0 N–H and O–H groups in total. The van der Waals surface area contributed by atoms with Gasteiger partial charge >= 0.3 is 0 Å². The Labute approximate surface area is 120 Å². The van der Waals surface area contributed by atoms with Gasteiger partial charge in [-0.05, 0) is 37.1 Å². The summed E-state index contributed by atoms with van der Waals surface area (Å²) in [5.74, 6) is 0.